The van der Waals surface area contributed by atoms with E-state index in [1.807, 2.05) is 0 Å². The highest BCUT2D eigenvalue weighted by atomic mass is 16.1. The summed E-state index contributed by atoms with van der Waals surface area (Å²) in [4.78, 5) is 10.6. The molecule has 0 aromatic heterocycles. The molecule has 0 aliphatic heterocycles. The van der Waals surface area contributed by atoms with E-state index in [1.54, 1.807) is 6.07 Å². The molecule has 0 atom stereocenters. The Morgan fingerprint density at radius 3 is 2.25 bits per heavy atom. The Hall–Kier alpha value is -0.590. The first kappa shape index (κ1) is 9.50. The molecule has 0 spiro atoms. The molecule has 1 heteroatoms. The second kappa shape index (κ2) is 5.13. The third kappa shape index (κ3) is 3.70. The van der Waals surface area contributed by atoms with E-state index < -0.39 is 0 Å². The molecule has 0 aliphatic rings. The molecule has 12 heavy (non-hydrogen) atoms. The van der Waals surface area contributed by atoms with Crippen molar-refractivity contribution in [2.75, 3.05) is 0 Å². The van der Waals surface area contributed by atoms with Gasteiger partial charge in [0.2, 0.25) is 0 Å². The predicted octanol–water partition coefficient (Wildman–Crippen LogP) is 2.83. The Labute approximate surface area is 74.5 Å². The van der Waals surface area contributed by atoms with E-state index in [-0.39, 0.29) is 0 Å². The molecule has 0 amide bonds. The number of hydrogen-bond acceptors (Lipinski definition) is 1. The molecule has 0 aliphatic carbocycles. The van der Waals surface area contributed by atoms with Crippen LogP contribution in [0.15, 0.2) is 10.9 Å². The molecule has 0 heterocycles. The van der Waals surface area contributed by atoms with Crippen molar-refractivity contribution in [3.63, 3.8) is 0 Å². The SMILES string of the molecule is CCCCCCCCc1cc1=O. The molecule has 0 fully saturated rings. The Morgan fingerprint density at radius 2 is 1.67 bits per heavy atom. The first-order valence-electron chi connectivity index (χ1n) is 5.09. The summed E-state index contributed by atoms with van der Waals surface area (Å²) < 4.78 is 0. The minimum Gasteiger partial charge on any atom is -0.290 e. The van der Waals surface area contributed by atoms with Gasteiger partial charge in [0.15, 0.2) is 5.43 Å². The summed E-state index contributed by atoms with van der Waals surface area (Å²) in [7, 11) is 0. The Morgan fingerprint density at radius 1 is 1.08 bits per heavy atom. The lowest BCUT2D eigenvalue weighted by molar-refractivity contribution is 0.609. The van der Waals surface area contributed by atoms with Gasteiger partial charge in [0.1, 0.15) is 0 Å². The van der Waals surface area contributed by atoms with E-state index in [0.717, 1.165) is 12.0 Å². The lowest BCUT2D eigenvalue weighted by Gasteiger charge is -1.96. The zero-order valence-electron chi connectivity index (χ0n) is 7.94. The monoisotopic (exact) mass is 166 g/mol. The van der Waals surface area contributed by atoms with E-state index in [1.165, 1.54) is 38.5 Å². The van der Waals surface area contributed by atoms with E-state index in [4.69, 9.17) is 0 Å². The number of hydrogen-bond donors (Lipinski definition) is 0. The molecule has 0 bridgehead atoms. The van der Waals surface area contributed by atoms with Gasteiger partial charge in [0, 0.05) is 5.56 Å². The molecule has 0 N–H and O–H groups in total. The van der Waals surface area contributed by atoms with Gasteiger partial charge in [-0.25, -0.2) is 0 Å². The lowest BCUT2D eigenvalue weighted by atomic mass is 10.1. The summed E-state index contributed by atoms with van der Waals surface area (Å²) in [5.74, 6) is 0. The minimum atomic E-state index is 0.295. The normalized spacial score (nSPS) is 11.1. The van der Waals surface area contributed by atoms with Crippen molar-refractivity contribution in [3.05, 3.63) is 21.9 Å². The van der Waals surface area contributed by atoms with Crippen LogP contribution in [0.3, 0.4) is 0 Å². The average Bonchev–Trinajstić information content (AvgIpc) is 2.74. The molecule has 0 saturated carbocycles. The third-order valence-corrected chi connectivity index (χ3v) is 2.34. The van der Waals surface area contributed by atoms with Crippen molar-refractivity contribution in [1.29, 1.82) is 0 Å². The van der Waals surface area contributed by atoms with Crippen LogP contribution in [0, 0.1) is 0 Å². The summed E-state index contributed by atoms with van der Waals surface area (Å²) in [6, 6.07) is 1.76. The van der Waals surface area contributed by atoms with E-state index in [0.29, 0.717) is 5.43 Å². The van der Waals surface area contributed by atoms with Gasteiger partial charge < -0.3 is 0 Å². The van der Waals surface area contributed by atoms with Gasteiger partial charge in [-0.1, -0.05) is 39.0 Å². The first-order chi connectivity index (χ1) is 5.84. The van der Waals surface area contributed by atoms with Crippen LogP contribution < -0.4 is 5.43 Å². The molecule has 0 radical (unpaired) electrons. The fraction of sp³-hybridized carbons (Fsp3) is 0.727. The largest absolute Gasteiger partial charge is 0.290 e. The van der Waals surface area contributed by atoms with Crippen molar-refractivity contribution in [1.82, 2.24) is 0 Å². The summed E-state index contributed by atoms with van der Waals surface area (Å²) in [5, 5.41) is 0. The molecule has 0 saturated heterocycles. The topological polar surface area (TPSA) is 17.1 Å². The van der Waals surface area contributed by atoms with Gasteiger partial charge >= 0.3 is 0 Å². The molecule has 1 rings (SSSR count). The molecular weight excluding hydrogens is 148 g/mol. The smallest absolute Gasteiger partial charge is 0.182 e. The molecule has 1 nitrogen and oxygen atoms in total. The summed E-state index contributed by atoms with van der Waals surface area (Å²) >= 11 is 0. The highest BCUT2D eigenvalue weighted by molar-refractivity contribution is 5.22. The second-order valence-electron chi connectivity index (χ2n) is 3.55. The first-order valence-corrected chi connectivity index (χ1v) is 5.09. The van der Waals surface area contributed by atoms with Gasteiger partial charge in [-0.15, -0.1) is 0 Å². The van der Waals surface area contributed by atoms with Crippen LogP contribution in [-0.2, 0) is 6.42 Å². The van der Waals surface area contributed by atoms with E-state index in [2.05, 4.69) is 6.92 Å². The second-order valence-corrected chi connectivity index (χ2v) is 3.55. The quantitative estimate of drug-likeness (QED) is 0.569. The minimum absolute atomic E-state index is 0.295. The zero-order valence-corrected chi connectivity index (χ0v) is 7.94. The maximum atomic E-state index is 10.6. The predicted molar refractivity (Wildman–Crippen MR) is 52.2 cm³/mol. The van der Waals surface area contributed by atoms with Crippen molar-refractivity contribution < 1.29 is 0 Å². The van der Waals surface area contributed by atoms with Crippen LogP contribution in [0.25, 0.3) is 0 Å². The summed E-state index contributed by atoms with van der Waals surface area (Å²) in [6.07, 6.45) is 8.92. The number of rotatable bonds is 7. The van der Waals surface area contributed by atoms with Gasteiger partial charge in [-0.2, -0.15) is 0 Å². The van der Waals surface area contributed by atoms with Gasteiger partial charge in [-0.05, 0) is 18.9 Å². The summed E-state index contributed by atoms with van der Waals surface area (Å²) in [6.45, 7) is 2.23. The maximum Gasteiger partial charge on any atom is 0.182 e. The average molecular weight is 166 g/mol. The van der Waals surface area contributed by atoms with Crippen LogP contribution in [0.4, 0.5) is 0 Å². The number of aryl methyl sites for hydroxylation is 1. The van der Waals surface area contributed by atoms with Crippen LogP contribution in [-0.4, -0.2) is 0 Å². The van der Waals surface area contributed by atoms with Crippen molar-refractivity contribution in [3.8, 4) is 0 Å². The molecule has 1 aromatic rings. The molecule has 68 valence electrons. The van der Waals surface area contributed by atoms with Crippen LogP contribution in [0.1, 0.15) is 51.0 Å². The van der Waals surface area contributed by atoms with E-state index in [9.17, 15) is 4.79 Å². The zero-order chi connectivity index (χ0) is 8.81. The van der Waals surface area contributed by atoms with Crippen LogP contribution in [0.5, 0.6) is 0 Å². The van der Waals surface area contributed by atoms with Gasteiger partial charge in [-0.3, -0.25) is 4.79 Å². The van der Waals surface area contributed by atoms with Crippen molar-refractivity contribution >= 4 is 0 Å². The lowest BCUT2D eigenvalue weighted by Crippen LogP contribution is -1.84. The Kier molecular flexibility index (Phi) is 4.06. The molecule has 1 aromatic carbocycles. The third-order valence-electron chi connectivity index (χ3n) is 2.34. The number of unbranched alkanes of at least 4 members (excludes halogenated alkanes) is 5. The van der Waals surface area contributed by atoms with Crippen molar-refractivity contribution in [2.24, 2.45) is 0 Å². The Balaban J connectivity index is 1.81. The van der Waals surface area contributed by atoms with Crippen molar-refractivity contribution in [2.45, 2.75) is 51.9 Å². The van der Waals surface area contributed by atoms with Gasteiger partial charge in [0.25, 0.3) is 0 Å². The van der Waals surface area contributed by atoms with E-state index >= 15 is 0 Å². The standard InChI is InChI=1S/C11H18O/c1-2-3-4-5-6-7-8-10-9-11(10)12/h9H,2-8H2,1H3. The highest BCUT2D eigenvalue weighted by Crippen LogP contribution is 2.08. The fourth-order valence-electron chi connectivity index (χ4n) is 1.41. The fourth-order valence-corrected chi connectivity index (χ4v) is 1.41. The summed E-state index contributed by atoms with van der Waals surface area (Å²) in [5.41, 5.74) is 1.37. The molecular formula is C11H18O. The maximum absolute atomic E-state index is 10.6. The van der Waals surface area contributed by atoms with Crippen LogP contribution >= 0.6 is 0 Å². The van der Waals surface area contributed by atoms with Gasteiger partial charge in [0.05, 0.1) is 0 Å². The highest BCUT2D eigenvalue weighted by Gasteiger charge is 2.05. The molecule has 0 unspecified atom stereocenters. The van der Waals surface area contributed by atoms with Crippen LogP contribution in [0.2, 0.25) is 0 Å². The Bertz CT molecular complexity index is 218.